The van der Waals surface area contributed by atoms with Crippen LogP contribution in [0, 0.1) is 10.1 Å². The zero-order chi connectivity index (χ0) is 9.84. The van der Waals surface area contributed by atoms with Gasteiger partial charge in [-0.1, -0.05) is 4.68 Å². The first-order chi connectivity index (χ1) is 6.11. The molecule has 68 valence electrons. The van der Waals surface area contributed by atoms with Crippen molar-refractivity contribution in [3.8, 4) is 0 Å². The first kappa shape index (κ1) is 8.91. The fourth-order valence-corrected chi connectivity index (χ4v) is 0.712. The van der Waals surface area contributed by atoms with Crippen LogP contribution in [0.15, 0.2) is 18.5 Å². The average Bonchev–Trinajstić information content (AvgIpc) is 2.47. The van der Waals surface area contributed by atoms with Crippen LogP contribution in [0.25, 0.3) is 6.08 Å². The molecule has 0 amide bonds. The molecule has 0 aliphatic rings. The quantitative estimate of drug-likeness (QED) is 0.404. The number of hydrogen-bond donors (Lipinski definition) is 1. The number of aliphatic carboxylic acids is 1. The molecule has 13 heavy (non-hydrogen) atoms. The van der Waals surface area contributed by atoms with Crippen LogP contribution in [0.5, 0.6) is 0 Å². The number of hydrogen-bond acceptors (Lipinski definition) is 4. The molecule has 0 atom stereocenters. The number of nitrogens with zero attached hydrogens (tertiary/aromatic N) is 3. The molecule has 0 aromatic carbocycles. The highest BCUT2D eigenvalue weighted by molar-refractivity contribution is 5.84. The van der Waals surface area contributed by atoms with Crippen molar-refractivity contribution < 1.29 is 14.9 Å². The monoisotopic (exact) mass is 183 g/mol. The topological polar surface area (TPSA) is 98.3 Å². The van der Waals surface area contributed by atoms with Crippen LogP contribution in [-0.2, 0) is 4.79 Å². The summed E-state index contributed by atoms with van der Waals surface area (Å²) in [6, 6.07) is 0. The van der Waals surface area contributed by atoms with Crippen LogP contribution in [-0.4, -0.2) is 25.8 Å². The molecule has 0 fully saturated rings. The van der Waals surface area contributed by atoms with E-state index in [1.165, 1.54) is 6.20 Å². The summed E-state index contributed by atoms with van der Waals surface area (Å²) in [5, 5.41) is 17.8. The Morgan fingerprint density at radius 1 is 1.77 bits per heavy atom. The van der Waals surface area contributed by atoms with Crippen LogP contribution in [0.1, 0.15) is 5.82 Å². The van der Waals surface area contributed by atoms with Gasteiger partial charge in [0, 0.05) is 6.08 Å². The SMILES string of the molecule is O=C(O)/C=C/c1nccn1[N+](=O)[O-]. The van der Waals surface area contributed by atoms with Gasteiger partial charge in [-0.15, -0.1) is 0 Å². The Morgan fingerprint density at radius 2 is 2.46 bits per heavy atom. The lowest BCUT2D eigenvalue weighted by molar-refractivity contribution is -0.542. The minimum Gasteiger partial charge on any atom is -0.478 e. The second kappa shape index (κ2) is 3.48. The lowest BCUT2D eigenvalue weighted by Gasteiger charge is -1.90. The van der Waals surface area contributed by atoms with Crippen molar-refractivity contribution >= 4 is 12.0 Å². The summed E-state index contributed by atoms with van der Waals surface area (Å²) >= 11 is 0. The van der Waals surface area contributed by atoms with Crippen molar-refractivity contribution in [2.24, 2.45) is 0 Å². The summed E-state index contributed by atoms with van der Waals surface area (Å²) in [4.78, 5) is 23.9. The summed E-state index contributed by atoms with van der Waals surface area (Å²) in [5.74, 6) is -1.22. The van der Waals surface area contributed by atoms with Crippen LogP contribution in [0.3, 0.4) is 0 Å². The van der Waals surface area contributed by atoms with E-state index in [1.54, 1.807) is 0 Å². The summed E-state index contributed by atoms with van der Waals surface area (Å²) < 4.78 is 0.624. The third-order valence-electron chi connectivity index (χ3n) is 1.20. The molecule has 0 unspecified atom stereocenters. The normalized spacial score (nSPS) is 10.5. The molecule has 0 saturated heterocycles. The van der Waals surface area contributed by atoms with Crippen LogP contribution in [0.2, 0.25) is 0 Å². The maximum absolute atomic E-state index is 10.3. The fourth-order valence-electron chi connectivity index (χ4n) is 0.712. The number of carbonyl (C=O) groups is 1. The minimum absolute atomic E-state index is 0.0348. The van der Waals surface area contributed by atoms with Gasteiger partial charge in [-0.25, -0.2) is 19.9 Å². The maximum atomic E-state index is 10.3. The van der Waals surface area contributed by atoms with Crippen LogP contribution in [0.4, 0.5) is 0 Å². The fraction of sp³-hybridized carbons (Fsp3) is 0. The van der Waals surface area contributed by atoms with E-state index in [-0.39, 0.29) is 5.82 Å². The van der Waals surface area contributed by atoms with Gasteiger partial charge < -0.3 is 5.11 Å². The van der Waals surface area contributed by atoms with Gasteiger partial charge in [0.25, 0.3) is 0 Å². The number of nitro groups is 1. The van der Waals surface area contributed by atoms with Gasteiger partial charge in [0.1, 0.15) is 0 Å². The van der Waals surface area contributed by atoms with E-state index in [4.69, 9.17) is 5.11 Å². The standard InChI is InChI=1S/C6H5N3O4/c10-6(11)2-1-5-7-3-4-8(5)9(12)13/h1-4H,(H,10,11)/b2-1+. The molecule has 1 heterocycles. The minimum atomic E-state index is -1.18. The lowest BCUT2D eigenvalue weighted by atomic mass is 10.5. The molecule has 0 aliphatic carbocycles. The Bertz CT molecular complexity index is 368. The Balaban J connectivity index is 2.95. The van der Waals surface area contributed by atoms with Gasteiger partial charge in [-0.2, -0.15) is 0 Å². The van der Waals surface area contributed by atoms with E-state index < -0.39 is 11.0 Å². The summed E-state index contributed by atoms with van der Waals surface area (Å²) in [5.41, 5.74) is 0. The molecule has 0 saturated carbocycles. The van der Waals surface area contributed by atoms with E-state index in [2.05, 4.69) is 4.98 Å². The average molecular weight is 183 g/mol. The van der Waals surface area contributed by atoms with E-state index >= 15 is 0 Å². The number of carboxylic acids is 1. The van der Waals surface area contributed by atoms with Gasteiger partial charge in [0.2, 0.25) is 0 Å². The molecule has 0 bridgehead atoms. The molecule has 7 nitrogen and oxygen atoms in total. The molecule has 0 aliphatic heterocycles. The van der Waals surface area contributed by atoms with E-state index in [9.17, 15) is 14.9 Å². The molecule has 0 spiro atoms. The summed E-state index contributed by atoms with van der Waals surface area (Å²) in [6.45, 7) is 0. The van der Waals surface area contributed by atoms with Gasteiger partial charge in [0.15, 0.2) is 10.9 Å². The van der Waals surface area contributed by atoms with E-state index in [1.807, 2.05) is 0 Å². The lowest BCUT2D eigenvalue weighted by Crippen LogP contribution is -2.09. The second-order valence-corrected chi connectivity index (χ2v) is 2.04. The number of imidazole rings is 1. The number of carboxylic acid groups (broad SMARTS) is 1. The molecule has 1 rings (SSSR count). The first-order valence-electron chi connectivity index (χ1n) is 3.20. The maximum Gasteiger partial charge on any atom is 0.328 e. The highest BCUT2D eigenvalue weighted by Crippen LogP contribution is 1.98. The van der Waals surface area contributed by atoms with E-state index in [0.717, 1.165) is 18.3 Å². The van der Waals surface area contributed by atoms with Gasteiger partial charge in [-0.05, 0) is 6.08 Å². The third kappa shape index (κ3) is 2.12. The third-order valence-corrected chi connectivity index (χ3v) is 1.20. The Morgan fingerprint density at radius 3 is 3.00 bits per heavy atom. The van der Waals surface area contributed by atoms with E-state index in [0.29, 0.717) is 4.68 Å². The number of aromatic nitrogens is 2. The van der Waals surface area contributed by atoms with Crippen molar-refractivity contribution in [1.82, 2.24) is 9.66 Å². The highest BCUT2D eigenvalue weighted by atomic mass is 16.7. The zero-order valence-electron chi connectivity index (χ0n) is 6.32. The molecule has 1 aromatic rings. The zero-order valence-corrected chi connectivity index (χ0v) is 6.32. The van der Waals surface area contributed by atoms with Crippen LogP contribution >= 0.6 is 0 Å². The molecule has 7 heteroatoms. The molecular formula is C6H5N3O4. The van der Waals surface area contributed by atoms with Crippen molar-refractivity contribution in [3.63, 3.8) is 0 Å². The predicted molar refractivity (Wildman–Crippen MR) is 41.3 cm³/mol. The molecule has 1 aromatic heterocycles. The Labute approximate surface area is 72.1 Å². The smallest absolute Gasteiger partial charge is 0.328 e. The van der Waals surface area contributed by atoms with Crippen molar-refractivity contribution in [2.75, 3.05) is 0 Å². The highest BCUT2D eigenvalue weighted by Gasteiger charge is 2.07. The number of rotatable bonds is 3. The molecular weight excluding hydrogens is 178 g/mol. The molecule has 0 radical (unpaired) electrons. The summed E-state index contributed by atoms with van der Waals surface area (Å²) in [6.07, 6.45) is 4.17. The summed E-state index contributed by atoms with van der Waals surface area (Å²) in [7, 11) is 0. The predicted octanol–water partition coefficient (Wildman–Crippen LogP) is 0.0207. The second-order valence-electron chi connectivity index (χ2n) is 2.04. The molecule has 1 N–H and O–H groups in total. The largest absolute Gasteiger partial charge is 0.478 e. The van der Waals surface area contributed by atoms with Gasteiger partial charge in [-0.3, -0.25) is 0 Å². The van der Waals surface area contributed by atoms with Gasteiger partial charge >= 0.3 is 5.97 Å². The van der Waals surface area contributed by atoms with Crippen molar-refractivity contribution in [2.45, 2.75) is 0 Å². The first-order valence-corrected chi connectivity index (χ1v) is 3.20. The van der Waals surface area contributed by atoms with Crippen molar-refractivity contribution in [1.29, 1.82) is 0 Å². The van der Waals surface area contributed by atoms with Gasteiger partial charge in [0.05, 0.1) is 12.4 Å². The Kier molecular flexibility index (Phi) is 2.38. The van der Waals surface area contributed by atoms with Crippen LogP contribution < -0.4 is 0 Å². The Hall–Kier alpha value is -2.18. The van der Waals surface area contributed by atoms with Crippen molar-refractivity contribution in [3.05, 3.63) is 34.4 Å².